The van der Waals surface area contributed by atoms with Gasteiger partial charge in [-0.3, -0.25) is 0 Å². The van der Waals surface area contributed by atoms with E-state index in [0.29, 0.717) is 17.1 Å². The van der Waals surface area contributed by atoms with E-state index in [-0.39, 0.29) is 11.1 Å². The number of aromatic amines is 1. The van der Waals surface area contributed by atoms with E-state index in [2.05, 4.69) is 22.2 Å². The summed E-state index contributed by atoms with van der Waals surface area (Å²) in [7, 11) is 0. The molecular weight excluding hydrogens is 298 g/mol. The number of imidazole rings is 1. The number of hydrogen-bond donors (Lipinski definition) is 4. The summed E-state index contributed by atoms with van der Waals surface area (Å²) < 4.78 is 0. The average molecular weight is 319 g/mol. The van der Waals surface area contributed by atoms with E-state index in [1.807, 2.05) is 0 Å². The summed E-state index contributed by atoms with van der Waals surface area (Å²) in [5.74, 6) is -2.41. The number of carboxylic acid groups (broad SMARTS) is 2. The summed E-state index contributed by atoms with van der Waals surface area (Å²) in [6.07, 6.45) is 4.26. The van der Waals surface area contributed by atoms with Crippen molar-refractivity contribution in [2.24, 2.45) is 0 Å². The summed E-state index contributed by atoms with van der Waals surface area (Å²) >= 11 is 0. The second-order valence-corrected chi connectivity index (χ2v) is 5.63. The van der Waals surface area contributed by atoms with E-state index in [0.717, 1.165) is 25.1 Å². The average Bonchev–Trinajstić information content (AvgIpc) is 2.91. The predicted octanol–water partition coefficient (Wildman–Crippen LogP) is 2.16. The van der Waals surface area contributed by atoms with Crippen molar-refractivity contribution in [3.8, 4) is 0 Å². The van der Waals surface area contributed by atoms with Crippen LogP contribution in [0.25, 0.3) is 0 Å². The number of nitrogens with zero attached hydrogens (tertiary/aromatic N) is 1. The molecule has 0 atom stereocenters. The van der Waals surface area contributed by atoms with Crippen LogP contribution in [0.4, 0.5) is 0 Å². The van der Waals surface area contributed by atoms with Crippen LogP contribution >= 0.6 is 0 Å². The van der Waals surface area contributed by atoms with Gasteiger partial charge in [-0.1, -0.05) is 13.3 Å². The molecular formula is C16H21N3O4. The van der Waals surface area contributed by atoms with Crippen molar-refractivity contribution in [1.29, 1.82) is 0 Å². The Balaban J connectivity index is 2.51. The maximum absolute atomic E-state index is 11.7. The number of carboxylic acids is 2. The summed E-state index contributed by atoms with van der Waals surface area (Å²) in [4.78, 5) is 30.7. The molecule has 0 aliphatic carbocycles. The van der Waals surface area contributed by atoms with Crippen molar-refractivity contribution < 1.29 is 19.8 Å². The Morgan fingerprint density at radius 2 is 1.74 bits per heavy atom. The second-order valence-electron chi connectivity index (χ2n) is 5.63. The van der Waals surface area contributed by atoms with Crippen LogP contribution in [0.2, 0.25) is 0 Å². The van der Waals surface area contributed by atoms with Crippen LogP contribution in [-0.2, 0) is 16.0 Å². The molecule has 7 heteroatoms. The van der Waals surface area contributed by atoms with Gasteiger partial charge >= 0.3 is 11.9 Å². The zero-order valence-corrected chi connectivity index (χ0v) is 13.4. The monoisotopic (exact) mass is 319 g/mol. The molecule has 2 rings (SSSR count). The number of nitrogens with one attached hydrogen (secondary N) is 2. The molecule has 1 aliphatic rings. The minimum Gasteiger partial charge on any atom is -0.478 e. The Labute approximate surface area is 134 Å². The van der Waals surface area contributed by atoms with Gasteiger partial charge in [0.1, 0.15) is 5.82 Å². The van der Waals surface area contributed by atoms with E-state index in [4.69, 9.17) is 0 Å². The van der Waals surface area contributed by atoms with E-state index in [1.54, 1.807) is 13.8 Å². The number of unbranched alkanes of at least 4 members (excludes halogenated alkanes) is 1. The van der Waals surface area contributed by atoms with Gasteiger partial charge in [0.15, 0.2) is 0 Å². The van der Waals surface area contributed by atoms with Crippen LogP contribution in [0, 0.1) is 0 Å². The topological polar surface area (TPSA) is 115 Å². The third-order valence-electron chi connectivity index (χ3n) is 3.95. The summed E-state index contributed by atoms with van der Waals surface area (Å²) in [6, 6.07) is 0. The van der Waals surface area contributed by atoms with E-state index in [9.17, 15) is 19.8 Å². The number of H-pyrrole nitrogens is 1. The first-order chi connectivity index (χ1) is 10.9. The summed E-state index contributed by atoms with van der Waals surface area (Å²) in [6.45, 7) is 5.33. The van der Waals surface area contributed by atoms with Crippen LogP contribution in [0.1, 0.15) is 51.0 Å². The lowest BCUT2D eigenvalue weighted by molar-refractivity contribution is -0.133. The standard InChI is InChI=1S/C16H21N3O4/c1-4-5-6-11-17-7-10(19-11)14-12(15(20)21)8(2)18-9(3)13(14)16(22)23/h7,14,18H,4-6H2,1-3H3,(H,17,19)(H,20,21)(H,22,23). The van der Waals surface area contributed by atoms with Gasteiger partial charge in [0.2, 0.25) is 0 Å². The molecule has 0 saturated carbocycles. The molecule has 1 aromatic heterocycles. The maximum atomic E-state index is 11.7. The third kappa shape index (κ3) is 3.28. The first-order valence-corrected chi connectivity index (χ1v) is 7.55. The Hall–Kier alpha value is -2.57. The predicted molar refractivity (Wildman–Crippen MR) is 83.7 cm³/mol. The molecule has 0 aromatic carbocycles. The molecule has 0 amide bonds. The fraction of sp³-hybridized carbons (Fsp3) is 0.438. The SMILES string of the molecule is CCCCc1ncc(C2C(C(=O)O)=C(C)NC(C)=C2C(=O)O)[nH]1. The first-order valence-electron chi connectivity index (χ1n) is 7.55. The van der Waals surface area contributed by atoms with Gasteiger partial charge in [0.25, 0.3) is 0 Å². The third-order valence-corrected chi connectivity index (χ3v) is 3.95. The summed E-state index contributed by atoms with van der Waals surface area (Å²) in [5.41, 5.74) is 1.42. The highest BCUT2D eigenvalue weighted by atomic mass is 16.4. The van der Waals surface area contributed by atoms with Crippen molar-refractivity contribution in [2.45, 2.75) is 46.0 Å². The fourth-order valence-corrected chi connectivity index (χ4v) is 2.87. The molecule has 0 bridgehead atoms. The highest BCUT2D eigenvalue weighted by molar-refractivity contribution is 5.98. The van der Waals surface area contributed by atoms with Crippen molar-refractivity contribution >= 4 is 11.9 Å². The lowest BCUT2D eigenvalue weighted by atomic mass is 9.83. The van der Waals surface area contributed by atoms with Gasteiger partial charge in [-0.25, -0.2) is 14.6 Å². The second kappa shape index (κ2) is 6.68. The van der Waals surface area contributed by atoms with Crippen LogP contribution in [0.15, 0.2) is 28.7 Å². The van der Waals surface area contributed by atoms with Crippen LogP contribution in [0.3, 0.4) is 0 Å². The number of aromatic nitrogens is 2. The van der Waals surface area contributed by atoms with Crippen LogP contribution in [-0.4, -0.2) is 32.1 Å². The zero-order chi connectivity index (χ0) is 17.1. The van der Waals surface area contributed by atoms with E-state index in [1.165, 1.54) is 6.20 Å². The molecule has 2 heterocycles. The van der Waals surface area contributed by atoms with Crippen molar-refractivity contribution in [1.82, 2.24) is 15.3 Å². The Bertz CT molecular complexity index is 664. The van der Waals surface area contributed by atoms with Gasteiger partial charge in [-0.2, -0.15) is 0 Å². The van der Waals surface area contributed by atoms with E-state index < -0.39 is 17.9 Å². The normalized spacial score (nSPS) is 15.8. The van der Waals surface area contributed by atoms with Crippen LogP contribution in [0.5, 0.6) is 0 Å². The van der Waals surface area contributed by atoms with Gasteiger partial charge < -0.3 is 20.5 Å². The smallest absolute Gasteiger partial charge is 0.334 e. The Kier molecular flexibility index (Phi) is 4.88. The first kappa shape index (κ1) is 16.8. The Morgan fingerprint density at radius 3 is 2.22 bits per heavy atom. The molecule has 0 fully saturated rings. The fourth-order valence-electron chi connectivity index (χ4n) is 2.87. The lowest BCUT2D eigenvalue weighted by Gasteiger charge is -2.27. The molecule has 0 unspecified atom stereocenters. The largest absolute Gasteiger partial charge is 0.478 e. The molecule has 0 saturated heterocycles. The summed E-state index contributed by atoms with van der Waals surface area (Å²) in [5, 5.41) is 21.9. The van der Waals surface area contributed by atoms with Gasteiger partial charge in [0, 0.05) is 29.7 Å². The number of allylic oxidation sites excluding steroid dienone is 2. The van der Waals surface area contributed by atoms with Crippen molar-refractivity contribution in [3.05, 3.63) is 40.3 Å². The number of carbonyl (C=O) groups is 2. The quantitative estimate of drug-likeness (QED) is 0.638. The van der Waals surface area contributed by atoms with Gasteiger partial charge in [-0.05, 0) is 20.3 Å². The minimum absolute atomic E-state index is 0.0266. The van der Waals surface area contributed by atoms with Gasteiger partial charge in [0.05, 0.1) is 17.1 Å². The molecule has 4 N–H and O–H groups in total. The van der Waals surface area contributed by atoms with Crippen molar-refractivity contribution in [2.75, 3.05) is 0 Å². The highest BCUT2D eigenvalue weighted by Crippen LogP contribution is 2.37. The maximum Gasteiger partial charge on any atom is 0.334 e. The van der Waals surface area contributed by atoms with Crippen molar-refractivity contribution in [3.63, 3.8) is 0 Å². The molecule has 7 nitrogen and oxygen atoms in total. The molecule has 1 aliphatic heterocycles. The minimum atomic E-state index is -1.14. The number of aliphatic carboxylic acids is 2. The molecule has 124 valence electrons. The molecule has 23 heavy (non-hydrogen) atoms. The highest BCUT2D eigenvalue weighted by Gasteiger charge is 2.37. The van der Waals surface area contributed by atoms with Crippen LogP contribution < -0.4 is 5.32 Å². The number of aryl methyl sites for hydroxylation is 1. The zero-order valence-electron chi connectivity index (χ0n) is 13.4. The number of dihydropyridines is 1. The molecule has 0 spiro atoms. The molecule has 0 radical (unpaired) electrons. The van der Waals surface area contributed by atoms with E-state index >= 15 is 0 Å². The molecule has 1 aromatic rings. The Morgan fingerprint density at radius 1 is 1.17 bits per heavy atom. The van der Waals surface area contributed by atoms with Gasteiger partial charge in [-0.15, -0.1) is 0 Å². The number of hydrogen-bond acceptors (Lipinski definition) is 4. The number of rotatable bonds is 6. The lowest BCUT2D eigenvalue weighted by Crippen LogP contribution is -2.31.